The zero-order chi connectivity index (χ0) is 8.43. The van der Waals surface area contributed by atoms with Crippen LogP contribution >= 0.6 is 0 Å². The summed E-state index contributed by atoms with van der Waals surface area (Å²) in [7, 11) is 0. The molecule has 0 aromatic heterocycles. The second kappa shape index (κ2) is 3.46. The molecule has 0 bridgehead atoms. The molecule has 11 heavy (non-hydrogen) atoms. The molecule has 5 heteroatoms. The van der Waals surface area contributed by atoms with Gasteiger partial charge in [0.05, 0.1) is 31.5 Å². The number of hydrogen-bond acceptors (Lipinski definition) is 5. The summed E-state index contributed by atoms with van der Waals surface area (Å²) in [5.41, 5.74) is 5.43. The van der Waals surface area contributed by atoms with E-state index in [1.165, 1.54) is 0 Å². The lowest BCUT2D eigenvalue weighted by molar-refractivity contribution is -0.143. The summed E-state index contributed by atoms with van der Waals surface area (Å²) in [5, 5.41) is 26.9. The number of nitrogens with two attached hydrogens (primary N) is 1. The third-order valence-electron chi connectivity index (χ3n) is 1.88. The normalized spacial score (nSPS) is 45.8. The quantitative estimate of drug-likeness (QED) is 0.340. The molecule has 0 spiro atoms. The van der Waals surface area contributed by atoms with E-state index < -0.39 is 24.4 Å². The molecule has 0 aromatic carbocycles. The number of ether oxygens (including phenoxy) is 1. The van der Waals surface area contributed by atoms with E-state index >= 15 is 0 Å². The van der Waals surface area contributed by atoms with Gasteiger partial charge in [0, 0.05) is 0 Å². The lowest BCUT2D eigenvalue weighted by Gasteiger charge is -2.35. The van der Waals surface area contributed by atoms with Crippen molar-refractivity contribution in [3.63, 3.8) is 0 Å². The highest BCUT2D eigenvalue weighted by Gasteiger charge is 2.35. The number of rotatable bonds is 1. The van der Waals surface area contributed by atoms with E-state index in [0.29, 0.717) is 0 Å². The fraction of sp³-hybridized carbons (Fsp3) is 1.00. The summed E-state index contributed by atoms with van der Waals surface area (Å²) in [6.45, 7) is -0.203. The van der Waals surface area contributed by atoms with E-state index in [2.05, 4.69) is 0 Å². The Morgan fingerprint density at radius 1 is 1.45 bits per heavy atom. The molecule has 1 heterocycles. The Morgan fingerprint density at radius 2 is 2.09 bits per heavy atom. The fourth-order valence-corrected chi connectivity index (χ4v) is 1.08. The lowest BCUT2D eigenvalue weighted by atomic mass is 9.99. The highest BCUT2D eigenvalue weighted by molar-refractivity contribution is 4.89. The first-order chi connectivity index (χ1) is 5.16. The van der Waals surface area contributed by atoms with Gasteiger partial charge in [-0.2, -0.15) is 0 Å². The summed E-state index contributed by atoms with van der Waals surface area (Å²) in [4.78, 5) is 0. The summed E-state index contributed by atoms with van der Waals surface area (Å²) in [6.07, 6.45) is -2.50. The molecule has 0 radical (unpaired) electrons. The van der Waals surface area contributed by atoms with Crippen molar-refractivity contribution in [2.24, 2.45) is 5.73 Å². The molecule has 4 atom stereocenters. The number of aliphatic hydroxyl groups is 3. The number of aliphatic hydroxyl groups excluding tert-OH is 3. The minimum Gasteiger partial charge on any atom is -0.394 e. The van der Waals surface area contributed by atoms with Crippen LogP contribution in [0.1, 0.15) is 0 Å². The lowest BCUT2D eigenvalue weighted by Crippen LogP contribution is -2.58. The summed E-state index contributed by atoms with van der Waals surface area (Å²) in [6, 6.07) is -0.705. The van der Waals surface area contributed by atoms with Gasteiger partial charge in [-0.15, -0.1) is 0 Å². The molecule has 1 rings (SSSR count). The van der Waals surface area contributed by atoms with E-state index in [1.54, 1.807) is 0 Å². The van der Waals surface area contributed by atoms with Crippen molar-refractivity contribution in [3.8, 4) is 0 Å². The third kappa shape index (κ3) is 1.69. The molecular formula is C6H13NO4. The molecule has 5 N–H and O–H groups in total. The monoisotopic (exact) mass is 163 g/mol. The second-order valence-corrected chi connectivity index (χ2v) is 2.69. The van der Waals surface area contributed by atoms with E-state index in [1.807, 2.05) is 0 Å². The van der Waals surface area contributed by atoms with E-state index in [9.17, 15) is 5.11 Å². The van der Waals surface area contributed by atoms with Crippen LogP contribution in [-0.2, 0) is 4.74 Å². The predicted molar refractivity (Wildman–Crippen MR) is 36.8 cm³/mol. The minimum absolute atomic E-state index is 0.0279. The van der Waals surface area contributed by atoms with Crippen LogP contribution in [0.3, 0.4) is 0 Å². The molecule has 1 fully saturated rings. The van der Waals surface area contributed by atoms with Crippen molar-refractivity contribution in [2.75, 3.05) is 13.2 Å². The maximum absolute atomic E-state index is 9.18. The van der Waals surface area contributed by atoms with Crippen molar-refractivity contribution in [3.05, 3.63) is 0 Å². The fourth-order valence-electron chi connectivity index (χ4n) is 1.08. The molecule has 0 unspecified atom stereocenters. The van der Waals surface area contributed by atoms with E-state index in [0.717, 1.165) is 0 Å². The Bertz CT molecular complexity index is 130. The Morgan fingerprint density at radius 3 is 2.64 bits per heavy atom. The number of hydrogen-bond donors (Lipinski definition) is 4. The van der Waals surface area contributed by atoms with Crippen molar-refractivity contribution in [2.45, 2.75) is 24.4 Å². The average molecular weight is 163 g/mol. The largest absolute Gasteiger partial charge is 0.394 e. The summed E-state index contributed by atoms with van der Waals surface area (Å²) in [5.74, 6) is 0. The molecule has 0 aliphatic carbocycles. The first kappa shape index (κ1) is 8.89. The van der Waals surface area contributed by atoms with Gasteiger partial charge < -0.3 is 25.8 Å². The Balaban J connectivity index is 2.52. The zero-order valence-electron chi connectivity index (χ0n) is 6.05. The van der Waals surface area contributed by atoms with Gasteiger partial charge in [-0.3, -0.25) is 0 Å². The van der Waals surface area contributed by atoms with Crippen LogP contribution in [0.2, 0.25) is 0 Å². The predicted octanol–water partition coefficient (Wildman–Crippen LogP) is -2.57. The van der Waals surface area contributed by atoms with Crippen molar-refractivity contribution < 1.29 is 20.1 Å². The van der Waals surface area contributed by atoms with Gasteiger partial charge in [0.25, 0.3) is 0 Å². The van der Waals surface area contributed by atoms with E-state index in [-0.39, 0.29) is 13.2 Å². The summed E-state index contributed by atoms with van der Waals surface area (Å²) < 4.78 is 4.94. The van der Waals surface area contributed by atoms with Crippen LogP contribution < -0.4 is 5.73 Å². The molecule has 0 amide bonds. The van der Waals surface area contributed by atoms with Gasteiger partial charge in [0.15, 0.2) is 0 Å². The Kier molecular flexibility index (Phi) is 2.80. The topological polar surface area (TPSA) is 95.9 Å². The van der Waals surface area contributed by atoms with Crippen LogP contribution in [0.4, 0.5) is 0 Å². The van der Waals surface area contributed by atoms with Crippen LogP contribution in [0.15, 0.2) is 0 Å². The molecule has 5 nitrogen and oxygen atoms in total. The van der Waals surface area contributed by atoms with Crippen LogP contribution in [-0.4, -0.2) is 52.9 Å². The summed E-state index contributed by atoms with van der Waals surface area (Å²) >= 11 is 0. The molecule has 0 aromatic rings. The van der Waals surface area contributed by atoms with Gasteiger partial charge in [-0.25, -0.2) is 0 Å². The zero-order valence-corrected chi connectivity index (χ0v) is 6.05. The van der Waals surface area contributed by atoms with Crippen LogP contribution in [0, 0.1) is 0 Å². The standard InChI is InChI=1S/C6H13NO4/c7-5-4(1-8)11-2-3(9)6(5)10/h3-6,8-10H,1-2,7H2/t3-,4-,5+,6+/m0/s1. The smallest absolute Gasteiger partial charge is 0.105 e. The first-order valence-corrected chi connectivity index (χ1v) is 3.51. The van der Waals surface area contributed by atoms with Gasteiger partial charge >= 0.3 is 0 Å². The van der Waals surface area contributed by atoms with Crippen molar-refractivity contribution >= 4 is 0 Å². The molecule has 1 aliphatic heterocycles. The highest BCUT2D eigenvalue weighted by atomic mass is 16.5. The molecule has 1 saturated heterocycles. The molecular weight excluding hydrogens is 150 g/mol. The minimum atomic E-state index is -0.999. The van der Waals surface area contributed by atoms with Crippen molar-refractivity contribution in [1.82, 2.24) is 0 Å². The van der Waals surface area contributed by atoms with Gasteiger partial charge in [0.1, 0.15) is 6.10 Å². The highest BCUT2D eigenvalue weighted by Crippen LogP contribution is 2.12. The maximum atomic E-state index is 9.18. The van der Waals surface area contributed by atoms with Crippen LogP contribution in [0.25, 0.3) is 0 Å². The third-order valence-corrected chi connectivity index (χ3v) is 1.88. The van der Waals surface area contributed by atoms with Gasteiger partial charge in [-0.1, -0.05) is 0 Å². The SMILES string of the molecule is N[C@H]1[C@H](O)[C@@H](O)CO[C@H]1CO. The molecule has 0 saturated carbocycles. The first-order valence-electron chi connectivity index (χ1n) is 3.51. The maximum Gasteiger partial charge on any atom is 0.105 e. The van der Waals surface area contributed by atoms with Crippen molar-refractivity contribution in [1.29, 1.82) is 0 Å². The Hall–Kier alpha value is -0.200. The Labute approximate surface area is 64.4 Å². The van der Waals surface area contributed by atoms with Crippen LogP contribution in [0.5, 0.6) is 0 Å². The molecule has 1 aliphatic rings. The average Bonchev–Trinajstić information content (AvgIpc) is 2.01. The van der Waals surface area contributed by atoms with Gasteiger partial charge in [0.2, 0.25) is 0 Å². The second-order valence-electron chi connectivity index (χ2n) is 2.69. The molecule has 66 valence electrons. The van der Waals surface area contributed by atoms with Gasteiger partial charge in [-0.05, 0) is 0 Å². The van der Waals surface area contributed by atoms with E-state index in [4.69, 9.17) is 20.7 Å².